The topological polar surface area (TPSA) is 39.4 Å². The van der Waals surface area contributed by atoms with Gasteiger partial charge in [-0.25, -0.2) is 0 Å². The molecule has 1 aliphatic rings. The summed E-state index contributed by atoms with van der Waals surface area (Å²) in [5.74, 6) is 0. The van der Waals surface area contributed by atoms with Gasteiger partial charge in [0.15, 0.2) is 0 Å². The third kappa shape index (κ3) is 0.823. The SMILES string of the molecule is C1=CC(c2cncs2)=N[N]1. The molecule has 3 nitrogen and oxygen atoms in total. The van der Waals surface area contributed by atoms with Gasteiger partial charge in [0.05, 0.1) is 16.6 Å². The molecule has 49 valence electrons. The Labute approximate surface area is 62.1 Å². The zero-order valence-corrected chi connectivity index (χ0v) is 5.88. The highest BCUT2D eigenvalue weighted by Crippen LogP contribution is 2.09. The van der Waals surface area contributed by atoms with Crippen LogP contribution in [0.15, 0.2) is 29.1 Å². The van der Waals surface area contributed by atoms with Crippen molar-refractivity contribution in [3.63, 3.8) is 0 Å². The fourth-order valence-electron chi connectivity index (χ4n) is 0.706. The lowest BCUT2D eigenvalue weighted by Crippen LogP contribution is -1.88. The number of nitrogens with zero attached hydrogens (tertiary/aromatic N) is 3. The largest absolute Gasteiger partial charge is 0.252 e. The van der Waals surface area contributed by atoms with E-state index in [9.17, 15) is 0 Å². The van der Waals surface area contributed by atoms with E-state index in [2.05, 4.69) is 15.5 Å². The minimum absolute atomic E-state index is 0.905. The van der Waals surface area contributed by atoms with Crippen molar-refractivity contribution in [1.82, 2.24) is 10.4 Å². The molecular weight excluding hydrogens is 146 g/mol. The van der Waals surface area contributed by atoms with E-state index in [1.165, 1.54) is 0 Å². The smallest absolute Gasteiger partial charge is 0.106 e. The van der Waals surface area contributed by atoms with Crippen LogP contribution in [0.1, 0.15) is 4.88 Å². The molecule has 2 rings (SSSR count). The fourth-order valence-corrected chi connectivity index (χ4v) is 1.29. The predicted molar refractivity (Wildman–Crippen MR) is 39.9 cm³/mol. The second kappa shape index (κ2) is 2.22. The number of hydrogen-bond donors (Lipinski definition) is 0. The van der Waals surface area contributed by atoms with Crippen molar-refractivity contribution in [2.45, 2.75) is 0 Å². The molecule has 1 radical (unpaired) electrons. The number of rotatable bonds is 1. The first kappa shape index (κ1) is 5.61. The van der Waals surface area contributed by atoms with Gasteiger partial charge in [-0.2, -0.15) is 5.43 Å². The molecule has 0 spiro atoms. The molecule has 0 unspecified atom stereocenters. The highest BCUT2D eigenvalue weighted by Gasteiger charge is 2.04. The molecule has 0 bridgehead atoms. The third-order valence-electron chi connectivity index (χ3n) is 1.15. The van der Waals surface area contributed by atoms with Gasteiger partial charge >= 0.3 is 0 Å². The van der Waals surface area contributed by atoms with Crippen LogP contribution >= 0.6 is 11.3 Å². The fraction of sp³-hybridized carbons (Fsp3) is 0. The molecule has 2 heterocycles. The molecule has 1 aliphatic heterocycles. The normalized spacial score (nSPS) is 15.0. The summed E-state index contributed by atoms with van der Waals surface area (Å²) < 4.78 is 0. The first-order valence-electron chi connectivity index (χ1n) is 2.80. The van der Waals surface area contributed by atoms with Gasteiger partial charge in [0.25, 0.3) is 0 Å². The van der Waals surface area contributed by atoms with Crippen molar-refractivity contribution in [1.29, 1.82) is 0 Å². The monoisotopic (exact) mass is 150 g/mol. The lowest BCUT2D eigenvalue weighted by molar-refractivity contribution is 0.973. The molecule has 0 N–H and O–H groups in total. The zero-order valence-electron chi connectivity index (χ0n) is 5.06. The summed E-state index contributed by atoms with van der Waals surface area (Å²) in [5, 5.41) is 3.88. The lowest BCUT2D eigenvalue weighted by atomic mass is 10.3. The van der Waals surface area contributed by atoms with Crippen LogP contribution in [0, 0.1) is 0 Å². The van der Waals surface area contributed by atoms with E-state index in [-0.39, 0.29) is 0 Å². The number of hydrogen-bond acceptors (Lipinski definition) is 3. The maximum atomic E-state index is 3.93. The molecular formula is C6H4N3S. The zero-order chi connectivity index (χ0) is 6.81. The molecule has 0 saturated carbocycles. The summed E-state index contributed by atoms with van der Waals surface area (Å²) in [6.07, 6.45) is 5.33. The maximum Gasteiger partial charge on any atom is 0.106 e. The molecule has 4 heteroatoms. The number of thiazole rings is 1. The Morgan fingerprint density at radius 3 is 3.00 bits per heavy atom. The average Bonchev–Trinajstić information content (AvgIpc) is 2.59. The van der Waals surface area contributed by atoms with E-state index in [4.69, 9.17) is 0 Å². The Morgan fingerprint density at radius 1 is 1.40 bits per heavy atom. The van der Waals surface area contributed by atoms with Gasteiger partial charge in [0, 0.05) is 6.20 Å². The van der Waals surface area contributed by atoms with Gasteiger partial charge < -0.3 is 0 Å². The molecule has 0 atom stereocenters. The van der Waals surface area contributed by atoms with Gasteiger partial charge in [-0.3, -0.25) is 4.98 Å². The van der Waals surface area contributed by atoms with E-state index in [0.29, 0.717) is 0 Å². The summed E-state index contributed by atoms with van der Waals surface area (Å²) in [6, 6.07) is 0. The van der Waals surface area contributed by atoms with Crippen LogP contribution in [0.3, 0.4) is 0 Å². The van der Waals surface area contributed by atoms with Crippen LogP contribution in [0.2, 0.25) is 0 Å². The van der Waals surface area contributed by atoms with E-state index >= 15 is 0 Å². The highest BCUT2D eigenvalue weighted by atomic mass is 32.1. The minimum Gasteiger partial charge on any atom is -0.252 e. The molecule has 0 aliphatic carbocycles. The maximum absolute atomic E-state index is 3.93. The summed E-state index contributed by atoms with van der Waals surface area (Å²) in [6.45, 7) is 0. The first-order chi connectivity index (χ1) is 4.97. The lowest BCUT2D eigenvalue weighted by Gasteiger charge is -1.84. The average molecular weight is 150 g/mol. The second-order valence-corrected chi connectivity index (χ2v) is 2.67. The van der Waals surface area contributed by atoms with Crippen LogP contribution in [0.5, 0.6) is 0 Å². The van der Waals surface area contributed by atoms with Gasteiger partial charge in [-0.15, -0.1) is 16.4 Å². The van der Waals surface area contributed by atoms with E-state index in [1.807, 2.05) is 6.08 Å². The van der Waals surface area contributed by atoms with Gasteiger partial charge in [-0.05, 0) is 6.08 Å². The molecule has 0 fully saturated rings. The molecule has 1 aromatic heterocycles. The summed E-state index contributed by atoms with van der Waals surface area (Å²) >= 11 is 1.57. The van der Waals surface area contributed by atoms with Gasteiger partial charge in [-0.1, -0.05) is 0 Å². The quantitative estimate of drug-likeness (QED) is 0.588. The van der Waals surface area contributed by atoms with Crippen molar-refractivity contribution < 1.29 is 0 Å². The van der Waals surface area contributed by atoms with Crippen LogP contribution < -0.4 is 5.43 Å². The number of aromatic nitrogens is 1. The standard InChI is InChI=1S/C6H4N3S/c1-2-8-9-5(1)6-3-7-4-10-6/h1-4H. The van der Waals surface area contributed by atoms with Crippen molar-refractivity contribution in [3.05, 3.63) is 28.9 Å². The van der Waals surface area contributed by atoms with Crippen molar-refractivity contribution in [3.8, 4) is 0 Å². The molecule has 0 amide bonds. The molecule has 0 aromatic carbocycles. The number of allylic oxidation sites excluding steroid dienone is 1. The Hall–Kier alpha value is -1.16. The summed E-state index contributed by atoms with van der Waals surface area (Å²) in [5.41, 5.74) is 6.39. The van der Waals surface area contributed by atoms with Crippen molar-refractivity contribution >= 4 is 17.0 Å². The second-order valence-electron chi connectivity index (χ2n) is 1.78. The predicted octanol–water partition coefficient (Wildman–Crippen LogP) is 0.979. The minimum atomic E-state index is 0.905. The molecule has 0 saturated heterocycles. The van der Waals surface area contributed by atoms with Crippen LogP contribution in [-0.2, 0) is 0 Å². The summed E-state index contributed by atoms with van der Waals surface area (Å²) in [7, 11) is 0. The van der Waals surface area contributed by atoms with Crippen molar-refractivity contribution in [2.24, 2.45) is 5.10 Å². The third-order valence-corrected chi connectivity index (χ3v) is 1.94. The van der Waals surface area contributed by atoms with Crippen LogP contribution in [0.4, 0.5) is 0 Å². The van der Waals surface area contributed by atoms with E-state index in [1.54, 1.807) is 29.2 Å². The highest BCUT2D eigenvalue weighted by molar-refractivity contribution is 7.12. The van der Waals surface area contributed by atoms with E-state index in [0.717, 1.165) is 10.6 Å². The van der Waals surface area contributed by atoms with Gasteiger partial charge in [0.2, 0.25) is 0 Å². The Kier molecular flexibility index (Phi) is 1.25. The Morgan fingerprint density at radius 2 is 2.40 bits per heavy atom. The van der Waals surface area contributed by atoms with E-state index < -0.39 is 0 Å². The summed E-state index contributed by atoms with van der Waals surface area (Å²) in [4.78, 5) is 5.00. The van der Waals surface area contributed by atoms with Gasteiger partial charge in [0.1, 0.15) is 5.71 Å². The molecule has 10 heavy (non-hydrogen) atoms. The van der Waals surface area contributed by atoms with Crippen molar-refractivity contribution in [2.75, 3.05) is 0 Å². The molecule has 1 aromatic rings. The first-order valence-corrected chi connectivity index (χ1v) is 3.68. The Balaban J connectivity index is 2.36. The van der Waals surface area contributed by atoms with Crippen LogP contribution in [0.25, 0.3) is 0 Å². The Bertz CT molecular complexity index is 273. The van der Waals surface area contributed by atoms with Crippen LogP contribution in [-0.4, -0.2) is 10.7 Å².